The van der Waals surface area contributed by atoms with Crippen LogP contribution in [0, 0.1) is 0 Å². The molecule has 0 bridgehead atoms. The van der Waals surface area contributed by atoms with Crippen molar-refractivity contribution in [1.82, 2.24) is 5.32 Å². The molecule has 2 heteroatoms. The molecule has 0 radical (unpaired) electrons. The Balaban J connectivity index is 3.96. The van der Waals surface area contributed by atoms with E-state index in [9.17, 15) is 5.11 Å². The number of rotatable bonds is 7. The van der Waals surface area contributed by atoms with Crippen molar-refractivity contribution in [1.29, 1.82) is 0 Å². The Labute approximate surface area is 75.0 Å². The molecule has 0 atom stereocenters. The highest BCUT2D eigenvalue weighted by Crippen LogP contribution is 2.14. The van der Waals surface area contributed by atoms with Crippen molar-refractivity contribution in [3.8, 4) is 0 Å². The second-order valence-corrected chi connectivity index (χ2v) is 2.99. The number of nitrogens with one attached hydrogen (secondary N) is 1. The van der Waals surface area contributed by atoms with Gasteiger partial charge in [0.15, 0.2) is 0 Å². The topological polar surface area (TPSA) is 32.3 Å². The van der Waals surface area contributed by atoms with E-state index in [1.807, 2.05) is 6.92 Å². The summed E-state index contributed by atoms with van der Waals surface area (Å²) in [5.41, 5.74) is -0.695. The molecule has 70 valence electrons. The Morgan fingerprint density at radius 2 is 1.83 bits per heavy atom. The Kier molecular flexibility index (Phi) is 5.68. The van der Waals surface area contributed by atoms with Crippen molar-refractivity contribution in [3.63, 3.8) is 0 Å². The lowest BCUT2D eigenvalue weighted by atomic mass is 9.95. The predicted molar refractivity (Wildman–Crippen MR) is 53.1 cm³/mol. The summed E-state index contributed by atoms with van der Waals surface area (Å²) in [4.78, 5) is 0. The van der Waals surface area contributed by atoms with Crippen molar-refractivity contribution >= 4 is 0 Å². The molecule has 2 N–H and O–H groups in total. The predicted octanol–water partition coefficient (Wildman–Crippen LogP) is 1.48. The first-order chi connectivity index (χ1) is 5.68. The van der Waals surface area contributed by atoms with Gasteiger partial charge in [-0.15, -0.1) is 13.2 Å². The van der Waals surface area contributed by atoms with Crippen molar-refractivity contribution in [2.75, 3.05) is 13.1 Å². The van der Waals surface area contributed by atoms with E-state index >= 15 is 0 Å². The number of hydrogen-bond donors (Lipinski definition) is 2. The largest absolute Gasteiger partial charge is 0.388 e. The summed E-state index contributed by atoms with van der Waals surface area (Å²) in [5, 5.41) is 13.1. The number of aliphatic hydroxyl groups is 1. The van der Waals surface area contributed by atoms with Crippen molar-refractivity contribution in [2.45, 2.75) is 25.4 Å². The smallest absolute Gasteiger partial charge is 0.0839 e. The minimum Gasteiger partial charge on any atom is -0.388 e. The standard InChI is InChI=1S/C10H19NO/c1-4-7-10(12,8-5-2)9-11-6-3/h4-5,11-12H,1-2,6-9H2,3H3. The molecule has 12 heavy (non-hydrogen) atoms. The van der Waals surface area contributed by atoms with E-state index < -0.39 is 5.60 Å². The van der Waals surface area contributed by atoms with Gasteiger partial charge in [-0.05, 0) is 19.4 Å². The average Bonchev–Trinajstić information content (AvgIpc) is 2.02. The zero-order chi connectivity index (χ0) is 9.45. The van der Waals surface area contributed by atoms with E-state index in [2.05, 4.69) is 18.5 Å². The van der Waals surface area contributed by atoms with Crippen LogP contribution in [0.15, 0.2) is 25.3 Å². The van der Waals surface area contributed by atoms with Gasteiger partial charge in [-0.2, -0.15) is 0 Å². The van der Waals surface area contributed by atoms with E-state index in [0.717, 1.165) is 6.54 Å². The van der Waals surface area contributed by atoms with Crippen LogP contribution in [0.2, 0.25) is 0 Å². The maximum Gasteiger partial charge on any atom is 0.0839 e. The van der Waals surface area contributed by atoms with E-state index in [1.165, 1.54) is 0 Å². The highest BCUT2D eigenvalue weighted by molar-refractivity contribution is 4.93. The van der Waals surface area contributed by atoms with Crippen LogP contribution in [0.3, 0.4) is 0 Å². The summed E-state index contributed by atoms with van der Waals surface area (Å²) >= 11 is 0. The van der Waals surface area contributed by atoms with Crippen LogP contribution in [0.25, 0.3) is 0 Å². The molecule has 0 aliphatic rings. The fraction of sp³-hybridized carbons (Fsp3) is 0.600. The van der Waals surface area contributed by atoms with Gasteiger partial charge in [-0.1, -0.05) is 19.1 Å². The van der Waals surface area contributed by atoms with Gasteiger partial charge in [-0.3, -0.25) is 0 Å². The van der Waals surface area contributed by atoms with Gasteiger partial charge >= 0.3 is 0 Å². The summed E-state index contributed by atoms with van der Waals surface area (Å²) in [7, 11) is 0. The molecular weight excluding hydrogens is 150 g/mol. The summed E-state index contributed by atoms with van der Waals surface area (Å²) in [6, 6.07) is 0. The molecule has 0 aliphatic carbocycles. The molecule has 0 aliphatic heterocycles. The lowest BCUT2D eigenvalue weighted by molar-refractivity contribution is 0.0469. The lowest BCUT2D eigenvalue weighted by Gasteiger charge is -2.25. The Bertz CT molecular complexity index is 133. The molecular formula is C10H19NO. The zero-order valence-electron chi connectivity index (χ0n) is 7.84. The summed E-state index contributed by atoms with van der Waals surface area (Å²) in [5.74, 6) is 0. The molecule has 0 fully saturated rings. The van der Waals surface area contributed by atoms with Gasteiger partial charge in [0.2, 0.25) is 0 Å². The average molecular weight is 169 g/mol. The van der Waals surface area contributed by atoms with Gasteiger partial charge in [0.05, 0.1) is 5.60 Å². The summed E-state index contributed by atoms with van der Waals surface area (Å²) < 4.78 is 0. The van der Waals surface area contributed by atoms with Crippen LogP contribution in [0.1, 0.15) is 19.8 Å². The maximum atomic E-state index is 9.94. The van der Waals surface area contributed by atoms with Crippen LogP contribution >= 0.6 is 0 Å². The second kappa shape index (κ2) is 5.98. The molecule has 0 spiro atoms. The minimum absolute atomic E-state index is 0.599. The van der Waals surface area contributed by atoms with Crippen molar-refractivity contribution in [2.24, 2.45) is 0 Å². The fourth-order valence-electron chi connectivity index (χ4n) is 1.12. The van der Waals surface area contributed by atoms with Gasteiger partial charge in [-0.25, -0.2) is 0 Å². The Hall–Kier alpha value is -0.600. The van der Waals surface area contributed by atoms with Crippen LogP contribution < -0.4 is 5.32 Å². The van der Waals surface area contributed by atoms with Crippen LogP contribution in [-0.2, 0) is 0 Å². The molecule has 0 amide bonds. The number of likely N-dealkylation sites (N-methyl/N-ethyl adjacent to an activating group) is 1. The van der Waals surface area contributed by atoms with Crippen LogP contribution in [0.5, 0.6) is 0 Å². The molecule has 0 aromatic carbocycles. The molecule has 0 aromatic heterocycles. The molecule has 0 rings (SSSR count). The first kappa shape index (κ1) is 11.4. The Morgan fingerprint density at radius 1 is 1.33 bits per heavy atom. The molecule has 0 unspecified atom stereocenters. The lowest BCUT2D eigenvalue weighted by Crippen LogP contribution is -2.39. The van der Waals surface area contributed by atoms with E-state index in [0.29, 0.717) is 19.4 Å². The van der Waals surface area contributed by atoms with Crippen LogP contribution in [-0.4, -0.2) is 23.8 Å². The Morgan fingerprint density at radius 3 is 2.17 bits per heavy atom. The number of hydrogen-bond acceptors (Lipinski definition) is 2. The fourth-order valence-corrected chi connectivity index (χ4v) is 1.12. The normalized spacial score (nSPS) is 11.2. The third kappa shape index (κ3) is 4.31. The monoisotopic (exact) mass is 169 g/mol. The van der Waals surface area contributed by atoms with Gasteiger partial charge in [0.1, 0.15) is 0 Å². The minimum atomic E-state index is -0.695. The van der Waals surface area contributed by atoms with E-state index in [-0.39, 0.29) is 0 Å². The third-order valence-corrected chi connectivity index (χ3v) is 1.75. The van der Waals surface area contributed by atoms with E-state index in [1.54, 1.807) is 12.2 Å². The molecule has 0 saturated heterocycles. The summed E-state index contributed by atoms with van der Waals surface area (Å²) in [6.45, 7) is 10.7. The molecule has 0 heterocycles. The summed E-state index contributed by atoms with van der Waals surface area (Å²) in [6.07, 6.45) is 4.68. The zero-order valence-corrected chi connectivity index (χ0v) is 7.84. The first-order valence-electron chi connectivity index (χ1n) is 4.33. The highest BCUT2D eigenvalue weighted by atomic mass is 16.3. The molecule has 0 saturated carbocycles. The van der Waals surface area contributed by atoms with Gasteiger partial charge in [0.25, 0.3) is 0 Å². The van der Waals surface area contributed by atoms with Crippen molar-refractivity contribution in [3.05, 3.63) is 25.3 Å². The highest BCUT2D eigenvalue weighted by Gasteiger charge is 2.22. The maximum absolute atomic E-state index is 9.94. The van der Waals surface area contributed by atoms with Crippen LogP contribution in [0.4, 0.5) is 0 Å². The molecule has 0 aromatic rings. The second-order valence-electron chi connectivity index (χ2n) is 2.99. The van der Waals surface area contributed by atoms with E-state index in [4.69, 9.17) is 0 Å². The first-order valence-corrected chi connectivity index (χ1v) is 4.33. The van der Waals surface area contributed by atoms with Gasteiger partial charge in [0, 0.05) is 6.54 Å². The molecule has 2 nitrogen and oxygen atoms in total. The van der Waals surface area contributed by atoms with Gasteiger partial charge < -0.3 is 10.4 Å². The SMILES string of the molecule is C=CCC(O)(CC=C)CNCC. The van der Waals surface area contributed by atoms with Crippen molar-refractivity contribution < 1.29 is 5.11 Å². The third-order valence-electron chi connectivity index (χ3n) is 1.75. The quantitative estimate of drug-likeness (QED) is 0.566.